The standard InChI is InChI=1S/C6H10F3N/c1-3-4-5(10-2)6(7,8)9/h3-4H2,1-2H3. The highest BCUT2D eigenvalue weighted by molar-refractivity contribution is 5.89. The third-order valence-corrected chi connectivity index (χ3v) is 1.08. The third kappa shape index (κ3) is 2.85. The summed E-state index contributed by atoms with van der Waals surface area (Å²) in [5, 5.41) is 0. The topological polar surface area (TPSA) is 12.4 Å². The molecule has 0 spiro atoms. The molecule has 0 heterocycles. The summed E-state index contributed by atoms with van der Waals surface area (Å²) in [6, 6.07) is 0. The van der Waals surface area contributed by atoms with Crippen LogP contribution in [-0.2, 0) is 0 Å². The predicted octanol–water partition coefficient (Wildman–Crippen LogP) is 2.42. The minimum absolute atomic E-state index is 0.0139. The smallest absolute Gasteiger partial charge is 0.288 e. The number of halogens is 3. The van der Waals surface area contributed by atoms with E-state index in [1.165, 1.54) is 7.05 Å². The molecule has 1 nitrogen and oxygen atoms in total. The quantitative estimate of drug-likeness (QED) is 0.540. The van der Waals surface area contributed by atoms with Crippen LogP contribution in [0.5, 0.6) is 0 Å². The second kappa shape index (κ2) is 3.58. The van der Waals surface area contributed by atoms with Gasteiger partial charge in [-0.25, -0.2) is 0 Å². The second-order valence-corrected chi connectivity index (χ2v) is 1.92. The Morgan fingerprint density at radius 3 is 2.00 bits per heavy atom. The lowest BCUT2D eigenvalue weighted by molar-refractivity contribution is -0.0606. The lowest BCUT2D eigenvalue weighted by Crippen LogP contribution is -2.22. The van der Waals surface area contributed by atoms with Crippen molar-refractivity contribution in [1.29, 1.82) is 0 Å². The van der Waals surface area contributed by atoms with E-state index >= 15 is 0 Å². The van der Waals surface area contributed by atoms with E-state index in [1.807, 2.05) is 0 Å². The van der Waals surface area contributed by atoms with Gasteiger partial charge in [-0.15, -0.1) is 0 Å². The van der Waals surface area contributed by atoms with Gasteiger partial charge in [-0.2, -0.15) is 13.2 Å². The summed E-state index contributed by atoms with van der Waals surface area (Å²) in [4.78, 5) is 3.14. The number of rotatable bonds is 2. The van der Waals surface area contributed by atoms with Crippen molar-refractivity contribution in [2.45, 2.75) is 25.9 Å². The van der Waals surface area contributed by atoms with E-state index in [1.54, 1.807) is 6.92 Å². The van der Waals surface area contributed by atoms with Gasteiger partial charge >= 0.3 is 6.18 Å². The van der Waals surface area contributed by atoms with E-state index in [9.17, 15) is 13.2 Å². The van der Waals surface area contributed by atoms with Crippen LogP contribution in [-0.4, -0.2) is 18.9 Å². The molecular formula is C6H10F3N. The summed E-state index contributed by atoms with van der Waals surface area (Å²) < 4.78 is 35.3. The Bertz CT molecular complexity index is 125. The molecule has 0 rings (SSSR count). The van der Waals surface area contributed by atoms with Crippen molar-refractivity contribution in [2.24, 2.45) is 4.99 Å². The van der Waals surface area contributed by atoms with Gasteiger partial charge in [-0.3, -0.25) is 4.99 Å². The first kappa shape index (κ1) is 9.46. The van der Waals surface area contributed by atoms with Gasteiger partial charge in [0.2, 0.25) is 0 Å². The fourth-order valence-corrected chi connectivity index (χ4v) is 0.617. The van der Waals surface area contributed by atoms with Crippen molar-refractivity contribution in [3.8, 4) is 0 Å². The van der Waals surface area contributed by atoms with Crippen molar-refractivity contribution in [3.63, 3.8) is 0 Å². The fraction of sp³-hybridized carbons (Fsp3) is 0.833. The van der Waals surface area contributed by atoms with E-state index in [0.717, 1.165) is 0 Å². The third-order valence-electron chi connectivity index (χ3n) is 1.08. The Morgan fingerprint density at radius 1 is 1.40 bits per heavy atom. The molecule has 0 atom stereocenters. The van der Waals surface area contributed by atoms with Gasteiger partial charge in [0.25, 0.3) is 0 Å². The minimum atomic E-state index is -4.23. The van der Waals surface area contributed by atoms with Crippen LogP contribution in [0.1, 0.15) is 19.8 Å². The average Bonchev–Trinajstić information content (AvgIpc) is 1.80. The van der Waals surface area contributed by atoms with Crippen molar-refractivity contribution in [3.05, 3.63) is 0 Å². The molecular weight excluding hydrogens is 143 g/mol. The largest absolute Gasteiger partial charge is 0.429 e. The van der Waals surface area contributed by atoms with E-state index in [-0.39, 0.29) is 6.42 Å². The lowest BCUT2D eigenvalue weighted by Gasteiger charge is -2.07. The maximum atomic E-state index is 11.8. The number of hydrogen-bond acceptors (Lipinski definition) is 1. The highest BCUT2D eigenvalue weighted by Gasteiger charge is 2.33. The van der Waals surface area contributed by atoms with E-state index < -0.39 is 11.9 Å². The van der Waals surface area contributed by atoms with Crippen LogP contribution in [0.2, 0.25) is 0 Å². The highest BCUT2D eigenvalue weighted by atomic mass is 19.4. The summed E-state index contributed by atoms with van der Waals surface area (Å²) in [6.07, 6.45) is -3.74. The molecule has 0 radical (unpaired) electrons. The second-order valence-electron chi connectivity index (χ2n) is 1.92. The molecule has 0 aliphatic rings. The molecule has 60 valence electrons. The first-order chi connectivity index (χ1) is 4.52. The normalized spacial score (nSPS) is 13.9. The van der Waals surface area contributed by atoms with Crippen LogP contribution in [0.25, 0.3) is 0 Å². The van der Waals surface area contributed by atoms with Gasteiger partial charge in [-0.05, 0) is 6.42 Å². The SMILES string of the molecule is CCCC(=NC)C(F)(F)F. The summed E-state index contributed by atoms with van der Waals surface area (Å²) in [7, 11) is 1.17. The van der Waals surface area contributed by atoms with Crippen molar-refractivity contribution in [2.75, 3.05) is 7.05 Å². The molecule has 0 N–H and O–H groups in total. The number of hydrogen-bond donors (Lipinski definition) is 0. The van der Waals surface area contributed by atoms with Gasteiger partial charge in [-0.1, -0.05) is 13.3 Å². The van der Waals surface area contributed by atoms with Crippen LogP contribution in [0.15, 0.2) is 4.99 Å². The molecule has 0 saturated carbocycles. The van der Waals surface area contributed by atoms with Crippen LogP contribution < -0.4 is 0 Å². The Hall–Kier alpha value is -0.540. The monoisotopic (exact) mass is 153 g/mol. The zero-order valence-corrected chi connectivity index (χ0v) is 6.00. The minimum Gasteiger partial charge on any atom is -0.288 e. The molecule has 0 bridgehead atoms. The van der Waals surface area contributed by atoms with Gasteiger partial charge in [0.15, 0.2) is 0 Å². The zero-order valence-electron chi connectivity index (χ0n) is 6.00. The summed E-state index contributed by atoms with van der Waals surface area (Å²) in [5.41, 5.74) is -0.671. The van der Waals surface area contributed by atoms with Gasteiger partial charge in [0.1, 0.15) is 5.71 Å². The van der Waals surface area contributed by atoms with Gasteiger partial charge in [0.05, 0.1) is 0 Å². The number of alkyl halides is 3. The van der Waals surface area contributed by atoms with Crippen molar-refractivity contribution >= 4 is 5.71 Å². The summed E-state index contributed by atoms with van der Waals surface area (Å²) in [5.74, 6) is 0. The maximum absolute atomic E-state index is 11.8. The molecule has 0 aliphatic carbocycles. The molecule has 10 heavy (non-hydrogen) atoms. The molecule has 0 unspecified atom stereocenters. The van der Waals surface area contributed by atoms with E-state index in [2.05, 4.69) is 4.99 Å². The highest BCUT2D eigenvalue weighted by Crippen LogP contribution is 2.19. The van der Waals surface area contributed by atoms with Gasteiger partial charge in [0, 0.05) is 7.05 Å². The van der Waals surface area contributed by atoms with E-state index in [0.29, 0.717) is 6.42 Å². The van der Waals surface area contributed by atoms with Crippen LogP contribution in [0.4, 0.5) is 13.2 Å². The Labute approximate surface area is 58.0 Å². The molecule has 4 heteroatoms. The molecule has 0 aromatic rings. The van der Waals surface area contributed by atoms with Crippen LogP contribution >= 0.6 is 0 Å². The Morgan fingerprint density at radius 2 is 1.90 bits per heavy atom. The van der Waals surface area contributed by atoms with Crippen molar-refractivity contribution < 1.29 is 13.2 Å². The Kier molecular flexibility index (Phi) is 3.39. The molecule has 0 aromatic heterocycles. The van der Waals surface area contributed by atoms with Crippen molar-refractivity contribution in [1.82, 2.24) is 0 Å². The fourth-order valence-electron chi connectivity index (χ4n) is 0.617. The molecule has 0 amide bonds. The maximum Gasteiger partial charge on any atom is 0.429 e. The van der Waals surface area contributed by atoms with Crippen LogP contribution in [0, 0.1) is 0 Å². The van der Waals surface area contributed by atoms with Crippen LogP contribution in [0.3, 0.4) is 0 Å². The molecule has 0 aliphatic heterocycles. The molecule has 0 aromatic carbocycles. The molecule has 0 fully saturated rings. The molecule has 0 saturated heterocycles. The summed E-state index contributed by atoms with van der Waals surface area (Å²) in [6.45, 7) is 1.69. The Balaban J connectivity index is 4.10. The van der Waals surface area contributed by atoms with E-state index in [4.69, 9.17) is 0 Å². The predicted molar refractivity (Wildman–Crippen MR) is 34.3 cm³/mol. The lowest BCUT2D eigenvalue weighted by atomic mass is 10.2. The average molecular weight is 153 g/mol. The zero-order chi connectivity index (χ0) is 8.20. The number of aliphatic imine (C=N–C) groups is 1. The first-order valence-electron chi connectivity index (χ1n) is 3.05. The summed E-state index contributed by atoms with van der Waals surface area (Å²) >= 11 is 0. The number of nitrogens with zero attached hydrogens (tertiary/aromatic N) is 1. The van der Waals surface area contributed by atoms with Gasteiger partial charge < -0.3 is 0 Å². The first-order valence-corrected chi connectivity index (χ1v) is 3.05.